The van der Waals surface area contributed by atoms with Crippen LogP contribution >= 0.6 is 0 Å². The zero-order valence-corrected chi connectivity index (χ0v) is 49.7. The maximum Gasteiger partial charge on any atom is 0.134 e. The third-order valence-electron chi connectivity index (χ3n) is 20.2. The van der Waals surface area contributed by atoms with Crippen LogP contribution in [-0.2, 0) is 5.41 Å². The third kappa shape index (κ3) is 6.57. The largest absolute Gasteiger partial charge is 0.457 e. The number of rotatable bonds is 5. The molecular formula is C84H48N8O. The summed E-state index contributed by atoms with van der Waals surface area (Å²) in [6.45, 7) is 0. The Labute approximate surface area is 530 Å². The highest BCUT2D eigenvalue weighted by atomic mass is 16.5. The van der Waals surface area contributed by atoms with E-state index in [0.29, 0.717) is 5.56 Å². The second-order valence-corrected chi connectivity index (χ2v) is 24.7. The van der Waals surface area contributed by atoms with Crippen molar-refractivity contribution in [3.8, 4) is 57.4 Å². The van der Waals surface area contributed by atoms with Gasteiger partial charge in [-0.2, -0.15) is 5.26 Å². The molecule has 2 aliphatic rings. The van der Waals surface area contributed by atoms with E-state index in [0.717, 1.165) is 150 Å². The van der Waals surface area contributed by atoms with Crippen molar-refractivity contribution in [1.29, 1.82) is 5.26 Å². The van der Waals surface area contributed by atoms with E-state index in [9.17, 15) is 5.26 Å². The van der Waals surface area contributed by atoms with Crippen LogP contribution in [0.2, 0.25) is 0 Å². The number of hydrogen-bond acceptors (Lipinski definition) is 4. The molecule has 12 aromatic carbocycles. The topological polar surface area (TPSA) is 83.4 Å². The number of nitrogens with zero attached hydrogens (tertiary/aromatic N) is 8. The fraction of sp³-hybridized carbons (Fsp3) is 0.0119. The molecule has 430 valence electrons. The van der Waals surface area contributed by atoms with Gasteiger partial charge in [0.15, 0.2) is 0 Å². The maximum atomic E-state index is 9.99. The van der Waals surface area contributed by atoms with Crippen LogP contribution < -0.4 is 4.74 Å². The Morgan fingerprint density at radius 1 is 0.290 bits per heavy atom. The minimum absolute atomic E-state index is 0.638. The number of benzene rings is 12. The summed E-state index contributed by atoms with van der Waals surface area (Å²) in [5, 5.41) is 21.4. The molecule has 0 radical (unpaired) electrons. The minimum atomic E-state index is -1.11. The highest BCUT2D eigenvalue weighted by Gasteiger charge is 2.55. The molecule has 0 unspecified atom stereocenters. The summed E-state index contributed by atoms with van der Waals surface area (Å²) in [6, 6.07) is 103. The lowest BCUT2D eigenvalue weighted by molar-refractivity contribution is 0.435. The summed E-state index contributed by atoms with van der Waals surface area (Å²) < 4.78 is 19.7. The fourth-order valence-corrected chi connectivity index (χ4v) is 16.6. The van der Waals surface area contributed by atoms with Crippen LogP contribution in [0.1, 0.15) is 27.8 Å². The van der Waals surface area contributed by atoms with Crippen molar-refractivity contribution in [2.45, 2.75) is 5.41 Å². The average molecular weight is 1190 g/mol. The Balaban J connectivity index is 0.869. The lowest BCUT2D eigenvalue weighted by Gasteiger charge is -2.40. The first-order valence-corrected chi connectivity index (χ1v) is 31.5. The van der Waals surface area contributed by atoms with Gasteiger partial charge in [0, 0.05) is 93.6 Å². The van der Waals surface area contributed by atoms with Gasteiger partial charge in [-0.1, -0.05) is 158 Å². The number of hydrogen-bond donors (Lipinski definition) is 0. The van der Waals surface area contributed by atoms with Crippen molar-refractivity contribution in [2.24, 2.45) is 0 Å². The van der Waals surface area contributed by atoms with Crippen LogP contribution in [0.3, 0.4) is 0 Å². The van der Waals surface area contributed by atoms with Crippen molar-refractivity contribution in [3.05, 3.63) is 319 Å². The number of fused-ring (bicyclic) bond motifs is 24. The quantitative estimate of drug-likeness (QED) is 0.172. The monoisotopic (exact) mass is 1180 g/mol. The van der Waals surface area contributed by atoms with Gasteiger partial charge in [0.2, 0.25) is 0 Å². The Morgan fingerprint density at radius 2 is 0.656 bits per heavy atom. The van der Waals surface area contributed by atoms with Crippen LogP contribution in [0.25, 0.3) is 149 Å². The maximum absolute atomic E-state index is 9.99. The first-order chi connectivity index (χ1) is 46.1. The third-order valence-corrected chi connectivity index (χ3v) is 20.2. The van der Waals surface area contributed by atoms with Crippen molar-refractivity contribution >= 4 is 109 Å². The molecule has 1 spiro atoms. The van der Waals surface area contributed by atoms with Crippen LogP contribution in [-0.4, -0.2) is 32.8 Å². The van der Waals surface area contributed by atoms with Crippen LogP contribution in [0, 0.1) is 11.3 Å². The van der Waals surface area contributed by atoms with E-state index in [1.54, 1.807) is 0 Å². The Morgan fingerprint density at radius 3 is 1.11 bits per heavy atom. The molecule has 1 aliphatic heterocycles. The summed E-state index contributed by atoms with van der Waals surface area (Å²) in [5.74, 6) is 1.47. The molecule has 21 rings (SSSR count). The van der Waals surface area contributed by atoms with E-state index < -0.39 is 5.41 Å². The summed E-state index contributed by atoms with van der Waals surface area (Å²) in [4.78, 5) is 11.4. The lowest BCUT2D eigenvalue weighted by Crippen LogP contribution is -2.34. The second kappa shape index (κ2) is 18.4. The molecule has 7 aromatic heterocycles. The smallest absolute Gasteiger partial charge is 0.134 e. The first-order valence-electron chi connectivity index (χ1n) is 31.5. The molecule has 0 saturated carbocycles. The van der Waals surface area contributed by atoms with E-state index in [4.69, 9.17) is 14.7 Å². The summed E-state index contributed by atoms with van der Waals surface area (Å²) in [6.07, 6.45) is 4.09. The molecule has 0 fully saturated rings. The standard InChI is InChI=1S/C84H48N8O/c85-47-50-36-40-76-63(42-50)61-24-7-13-30-72(61)88(76)51-38-41-77-64(43-51)62-25-8-14-31-73(62)89(77)52-37-39-65-80(46-52)93-79-35-17-34-78(92-74-32-15-5-22-59(74)60-23-6-16-33-75(60)92)81(79)84(65)66-44-53(90-68-26-9-1-18-55(68)56-19-2-10-27-69(56)90)48-86-82(66)83-67(84)45-54(49-87-83)91-70-28-11-3-20-57(70)58-21-4-12-29-71(58)91/h1-46,48-49H. The number of nitriles is 1. The highest BCUT2D eigenvalue weighted by Crippen LogP contribution is 2.64. The summed E-state index contributed by atoms with van der Waals surface area (Å²) in [5.41, 5.74) is 20.9. The molecule has 0 saturated heterocycles. The fourth-order valence-electron chi connectivity index (χ4n) is 16.6. The summed E-state index contributed by atoms with van der Waals surface area (Å²) >= 11 is 0. The van der Waals surface area contributed by atoms with Crippen molar-refractivity contribution in [2.75, 3.05) is 0 Å². The van der Waals surface area contributed by atoms with E-state index in [2.05, 4.69) is 296 Å². The van der Waals surface area contributed by atoms with Gasteiger partial charge in [-0.3, -0.25) is 9.97 Å². The first kappa shape index (κ1) is 50.1. The van der Waals surface area contributed by atoms with Crippen LogP contribution in [0.4, 0.5) is 0 Å². The number of pyridine rings is 2. The molecule has 93 heavy (non-hydrogen) atoms. The molecule has 1 aliphatic carbocycles. The molecular weight excluding hydrogens is 1140 g/mol. The Hall–Kier alpha value is -12.8. The van der Waals surface area contributed by atoms with Crippen molar-refractivity contribution in [3.63, 3.8) is 0 Å². The average Bonchev–Trinajstić information content (AvgIpc) is 1.56. The molecule has 0 amide bonds. The zero-order chi connectivity index (χ0) is 60.8. The molecule has 9 heteroatoms. The van der Waals surface area contributed by atoms with Gasteiger partial charge in [0.1, 0.15) is 11.5 Å². The molecule has 0 bridgehead atoms. The normalized spacial score (nSPS) is 13.1. The van der Waals surface area contributed by atoms with Crippen LogP contribution in [0.15, 0.2) is 291 Å². The van der Waals surface area contributed by atoms with Gasteiger partial charge in [-0.05, 0) is 115 Å². The zero-order valence-electron chi connectivity index (χ0n) is 49.7. The van der Waals surface area contributed by atoms with Crippen LogP contribution in [0.5, 0.6) is 11.5 Å². The molecule has 0 atom stereocenters. The van der Waals surface area contributed by atoms with Crippen molar-refractivity contribution in [1.82, 2.24) is 32.8 Å². The molecule has 8 heterocycles. The lowest BCUT2D eigenvalue weighted by atomic mass is 9.65. The molecule has 9 nitrogen and oxygen atoms in total. The van der Waals surface area contributed by atoms with E-state index in [1.165, 1.54) is 32.3 Å². The molecule has 0 N–H and O–H groups in total. The Bertz CT molecular complexity index is 6250. The van der Waals surface area contributed by atoms with Gasteiger partial charge in [-0.25, -0.2) is 0 Å². The second-order valence-electron chi connectivity index (χ2n) is 24.7. The predicted molar refractivity (Wildman–Crippen MR) is 376 cm³/mol. The van der Waals surface area contributed by atoms with E-state index >= 15 is 0 Å². The van der Waals surface area contributed by atoms with E-state index in [-0.39, 0.29) is 0 Å². The van der Waals surface area contributed by atoms with E-state index in [1.807, 2.05) is 24.5 Å². The van der Waals surface area contributed by atoms with Gasteiger partial charge < -0.3 is 27.6 Å². The van der Waals surface area contributed by atoms with Crippen molar-refractivity contribution < 1.29 is 4.74 Å². The minimum Gasteiger partial charge on any atom is -0.457 e. The van der Waals surface area contributed by atoms with Gasteiger partial charge in [-0.15, -0.1) is 0 Å². The molecule has 19 aromatic rings. The highest BCUT2D eigenvalue weighted by molar-refractivity contribution is 6.15. The number of ether oxygens (including phenoxy) is 1. The number of aromatic nitrogens is 7. The Kier molecular flexibility index (Phi) is 9.93. The SMILES string of the molecule is N#Cc1ccc2c(c1)c1ccccc1n2-c1ccc2c(c1)c1ccccc1n2-c1ccc2c(c1)Oc1cccc(-n3c4ccccc4c4ccccc43)c1C21c2cc(-n3c4ccccc4c4ccccc43)cnc2-c2ncc(-n3c4ccccc4c4ccccc43)cc21. The van der Waals surface area contributed by atoms with Gasteiger partial charge in [0.25, 0.3) is 0 Å². The van der Waals surface area contributed by atoms with Gasteiger partial charge in [0.05, 0.1) is 113 Å². The number of para-hydroxylation sites is 8. The predicted octanol–water partition coefficient (Wildman–Crippen LogP) is 20.3. The van der Waals surface area contributed by atoms with Gasteiger partial charge >= 0.3 is 0 Å². The summed E-state index contributed by atoms with van der Waals surface area (Å²) in [7, 11) is 0.